The van der Waals surface area contributed by atoms with Gasteiger partial charge in [-0.2, -0.15) is 0 Å². The van der Waals surface area contributed by atoms with Gasteiger partial charge in [-0.05, 0) is 66.0 Å². The lowest BCUT2D eigenvalue weighted by molar-refractivity contribution is -0.0562. The Kier molecular flexibility index (Phi) is 8.25. The molecule has 0 bridgehead atoms. The van der Waals surface area contributed by atoms with Gasteiger partial charge in [-0.3, -0.25) is 0 Å². The molecule has 0 aliphatic carbocycles. The van der Waals surface area contributed by atoms with Crippen molar-refractivity contribution in [2.45, 2.75) is 75.7 Å². The van der Waals surface area contributed by atoms with Crippen molar-refractivity contribution in [3.05, 3.63) is 53.6 Å². The van der Waals surface area contributed by atoms with Crippen molar-refractivity contribution in [1.29, 1.82) is 0 Å². The van der Waals surface area contributed by atoms with Gasteiger partial charge in [0.2, 0.25) is 0 Å². The lowest BCUT2D eigenvalue weighted by Gasteiger charge is -2.30. The molecule has 1 aromatic rings. The molecule has 0 aromatic heterocycles. The highest BCUT2D eigenvalue weighted by molar-refractivity contribution is 7.92. The van der Waals surface area contributed by atoms with Crippen molar-refractivity contribution >= 4 is 9.84 Å². The molecule has 0 radical (unpaired) electrons. The molecule has 0 spiro atoms. The zero-order valence-electron chi connectivity index (χ0n) is 16.4. The summed E-state index contributed by atoms with van der Waals surface area (Å²) in [6, 6.07) is 8.25. The van der Waals surface area contributed by atoms with E-state index in [4.69, 9.17) is 0 Å². The smallest absolute Gasteiger partial charge is 0.184 e. The van der Waals surface area contributed by atoms with Crippen LogP contribution >= 0.6 is 0 Å². The van der Waals surface area contributed by atoms with Gasteiger partial charge in [-0.1, -0.05) is 41.5 Å². The molecule has 3 atom stereocenters. The second-order valence-electron chi connectivity index (χ2n) is 7.47. The Morgan fingerprint density at radius 1 is 1.19 bits per heavy atom. The van der Waals surface area contributed by atoms with Crippen LogP contribution in [0.2, 0.25) is 0 Å². The normalized spacial score (nSPS) is 17.3. The summed E-state index contributed by atoms with van der Waals surface area (Å²) in [6.45, 7) is 8.90. The fourth-order valence-electron chi connectivity index (χ4n) is 2.61. The highest BCUT2D eigenvalue weighted by Crippen LogP contribution is 2.28. The van der Waals surface area contributed by atoms with E-state index in [2.05, 4.69) is 6.08 Å². The Bertz CT molecular complexity index is 725. The average Bonchev–Trinajstić information content (AvgIpc) is 2.54. The van der Waals surface area contributed by atoms with Gasteiger partial charge in [0.1, 0.15) is 0 Å². The van der Waals surface area contributed by atoms with E-state index in [1.54, 1.807) is 36.4 Å². The third kappa shape index (κ3) is 6.71. The first-order chi connectivity index (χ1) is 12.0. The van der Waals surface area contributed by atoms with Crippen LogP contribution < -0.4 is 0 Å². The molecule has 2 N–H and O–H groups in total. The molecule has 146 valence electrons. The van der Waals surface area contributed by atoms with Crippen molar-refractivity contribution in [2.75, 3.05) is 0 Å². The van der Waals surface area contributed by atoms with Crippen LogP contribution in [0.5, 0.6) is 0 Å². The van der Waals surface area contributed by atoms with Crippen LogP contribution in [-0.4, -0.2) is 35.6 Å². The zero-order valence-corrected chi connectivity index (χ0v) is 17.3. The molecule has 5 heteroatoms. The zero-order chi connectivity index (χ0) is 20.0. The third-order valence-electron chi connectivity index (χ3n) is 4.55. The van der Waals surface area contributed by atoms with Crippen molar-refractivity contribution in [2.24, 2.45) is 0 Å². The molecule has 0 aliphatic rings. The van der Waals surface area contributed by atoms with E-state index in [-0.39, 0.29) is 11.3 Å². The molecule has 1 rings (SSSR count). The highest BCUT2D eigenvalue weighted by atomic mass is 32.2. The maximum atomic E-state index is 13.1. The highest BCUT2D eigenvalue weighted by Gasteiger charge is 2.36. The van der Waals surface area contributed by atoms with E-state index in [1.807, 2.05) is 20.8 Å². The van der Waals surface area contributed by atoms with Crippen LogP contribution in [0.4, 0.5) is 0 Å². The van der Waals surface area contributed by atoms with Crippen molar-refractivity contribution in [3.8, 4) is 0 Å². The van der Waals surface area contributed by atoms with E-state index in [0.717, 1.165) is 18.4 Å². The Labute approximate surface area is 158 Å². The number of allylic oxidation sites excluding steroid dienone is 3. The summed E-state index contributed by atoms with van der Waals surface area (Å²) in [5, 5.41) is 19.4. The molecule has 0 amide bonds. The molecular weight excluding hydrogens is 348 g/mol. The molecule has 0 heterocycles. The van der Waals surface area contributed by atoms with Gasteiger partial charge in [0.05, 0.1) is 21.9 Å². The van der Waals surface area contributed by atoms with Crippen LogP contribution in [0, 0.1) is 0 Å². The van der Waals surface area contributed by atoms with Crippen LogP contribution in [0.25, 0.3) is 0 Å². The number of hydrogen-bond donors (Lipinski definition) is 2. The maximum absolute atomic E-state index is 13.1. The monoisotopic (exact) mass is 380 g/mol. The van der Waals surface area contributed by atoms with Crippen molar-refractivity contribution in [1.82, 2.24) is 0 Å². The van der Waals surface area contributed by atoms with Gasteiger partial charge in [-0.15, -0.1) is 0 Å². The first-order valence-corrected chi connectivity index (χ1v) is 10.5. The Hall–Kier alpha value is -1.43. The van der Waals surface area contributed by atoms with Crippen LogP contribution in [-0.2, 0) is 9.84 Å². The molecular formula is C21H32O4S. The summed E-state index contributed by atoms with van der Waals surface area (Å²) in [5.74, 6) is 0. The van der Waals surface area contributed by atoms with E-state index < -0.39 is 26.8 Å². The molecule has 0 saturated carbocycles. The Morgan fingerprint density at radius 3 is 2.27 bits per heavy atom. The number of aliphatic hydroxyl groups is 2. The quantitative estimate of drug-likeness (QED) is 0.634. The summed E-state index contributed by atoms with van der Waals surface area (Å²) in [7, 11) is -3.67. The maximum Gasteiger partial charge on any atom is 0.184 e. The lowest BCUT2D eigenvalue weighted by Crippen LogP contribution is -2.42. The van der Waals surface area contributed by atoms with Gasteiger partial charge in [-0.25, -0.2) is 8.42 Å². The van der Waals surface area contributed by atoms with Gasteiger partial charge in [0.25, 0.3) is 0 Å². The number of aliphatic hydroxyl groups excluding tert-OH is 1. The van der Waals surface area contributed by atoms with Gasteiger partial charge in [0, 0.05) is 0 Å². The SMILES string of the molecule is CC(C)=CCC/C(C)=C/C(C[C@](C)(O)[C@@H](C)O)S(=O)(=O)c1ccccc1. The van der Waals surface area contributed by atoms with Crippen molar-refractivity contribution in [3.63, 3.8) is 0 Å². The molecule has 1 unspecified atom stereocenters. The van der Waals surface area contributed by atoms with Gasteiger partial charge < -0.3 is 10.2 Å². The first-order valence-electron chi connectivity index (χ1n) is 8.97. The predicted octanol–water partition coefficient (Wildman–Crippen LogP) is 4.04. The van der Waals surface area contributed by atoms with E-state index in [0.29, 0.717) is 0 Å². The third-order valence-corrected chi connectivity index (χ3v) is 6.58. The Balaban J connectivity index is 3.20. The van der Waals surface area contributed by atoms with E-state index >= 15 is 0 Å². The standard InChI is InChI=1S/C21H32O4S/c1-16(2)10-9-11-17(3)14-20(15-21(5,23)18(4)22)26(24,25)19-12-7-6-8-13-19/h6-8,10,12-14,18,20,22-23H,9,11,15H2,1-5H3/b17-14+/t18-,20?,21+/m1/s1. The summed E-state index contributed by atoms with van der Waals surface area (Å²) < 4.78 is 26.2. The molecule has 26 heavy (non-hydrogen) atoms. The lowest BCUT2D eigenvalue weighted by atomic mass is 9.93. The molecule has 0 aliphatic heterocycles. The summed E-state index contributed by atoms with van der Waals surface area (Å²) in [5.41, 5.74) is 0.681. The van der Waals surface area contributed by atoms with Gasteiger partial charge in [0.15, 0.2) is 9.84 Å². The summed E-state index contributed by atoms with van der Waals surface area (Å²) in [4.78, 5) is 0.222. The molecule has 1 aromatic carbocycles. The Morgan fingerprint density at radius 2 is 1.77 bits per heavy atom. The largest absolute Gasteiger partial charge is 0.390 e. The van der Waals surface area contributed by atoms with Crippen molar-refractivity contribution < 1.29 is 18.6 Å². The van der Waals surface area contributed by atoms with Crippen LogP contribution in [0.1, 0.15) is 53.9 Å². The first kappa shape index (κ1) is 22.6. The fourth-order valence-corrected chi connectivity index (χ4v) is 4.46. The number of hydrogen-bond acceptors (Lipinski definition) is 4. The van der Waals surface area contributed by atoms with Crippen LogP contribution in [0.15, 0.2) is 58.5 Å². The summed E-state index contributed by atoms with van der Waals surface area (Å²) in [6.07, 6.45) is 4.33. The molecule has 4 nitrogen and oxygen atoms in total. The fraction of sp³-hybridized carbons (Fsp3) is 0.524. The minimum Gasteiger partial charge on any atom is -0.390 e. The number of benzene rings is 1. The topological polar surface area (TPSA) is 74.6 Å². The summed E-state index contributed by atoms with van der Waals surface area (Å²) >= 11 is 0. The van der Waals surface area contributed by atoms with Crippen LogP contribution in [0.3, 0.4) is 0 Å². The van der Waals surface area contributed by atoms with E-state index in [9.17, 15) is 18.6 Å². The van der Waals surface area contributed by atoms with Gasteiger partial charge >= 0.3 is 0 Å². The molecule has 0 saturated heterocycles. The second kappa shape index (κ2) is 9.49. The number of sulfone groups is 1. The number of rotatable bonds is 9. The second-order valence-corrected chi connectivity index (χ2v) is 9.63. The average molecular weight is 381 g/mol. The minimum atomic E-state index is -3.67. The van der Waals surface area contributed by atoms with E-state index in [1.165, 1.54) is 19.4 Å². The minimum absolute atomic E-state index is 0.0676. The molecule has 0 fully saturated rings. The predicted molar refractivity (Wildman–Crippen MR) is 107 cm³/mol.